The second kappa shape index (κ2) is 12.6. The number of hydrogen-bond acceptors (Lipinski definition) is 2. The molecule has 3 rings (SSSR count). The first kappa shape index (κ1) is 25.1. The average molecular weight is 399 g/mol. The molecular weight excluding hydrogens is 356 g/mol. The molecule has 0 unspecified atom stereocenters. The van der Waals surface area contributed by atoms with E-state index in [0.717, 1.165) is 35.3 Å². The minimum atomic E-state index is 0.329. The number of phenols is 2. The van der Waals surface area contributed by atoms with Crippen LogP contribution in [-0.4, -0.2) is 10.2 Å². The van der Waals surface area contributed by atoms with Crippen LogP contribution in [0.25, 0.3) is 0 Å². The molecule has 162 valence electrons. The number of phenolic OH excluding ortho intramolecular Hbond substituents is 2. The van der Waals surface area contributed by atoms with Crippen molar-refractivity contribution < 1.29 is 10.2 Å². The van der Waals surface area contributed by atoms with Gasteiger partial charge < -0.3 is 10.2 Å². The average Bonchev–Trinajstić information content (AvgIpc) is 2.68. The zero-order valence-electron chi connectivity index (χ0n) is 19.6. The van der Waals surface area contributed by atoms with Gasteiger partial charge in [-0.3, -0.25) is 0 Å². The lowest BCUT2D eigenvalue weighted by Gasteiger charge is -2.28. The lowest BCUT2D eigenvalue weighted by atomic mass is 9.78. The van der Waals surface area contributed by atoms with Gasteiger partial charge in [0, 0.05) is 0 Å². The van der Waals surface area contributed by atoms with E-state index in [4.69, 9.17) is 5.11 Å². The van der Waals surface area contributed by atoms with Crippen molar-refractivity contribution in [2.75, 3.05) is 0 Å². The van der Waals surface area contributed by atoms with Gasteiger partial charge in [-0.15, -0.1) is 0 Å². The fourth-order valence-corrected chi connectivity index (χ4v) is 3.81. The van der Waals surface area contributed by atoms with E-state index < -0.39 is 0 Å². The van der Waals surface area contributed by atoms with E-state index in [-0.39, 0.29) is 0 Å². The van der Waals surface area contributed by atoms with Crippen molar-refractivity contribution in [1.29, 1.82) is 0 Å². The number of benzene rings is 2. The summed E-state index contributed by atoms with van der Waals surface area (Å²) in [7, 11) is 0. The molecule has 0 atom stereocenters. The monoisotopic (exact) mass is 398 g/mol. The van der Waals surface area contributed by atoms with Crippen molar-refractivity contribution in [3.05, 3.63) is 58.7 Å². The normalized spacial score (nSPS) is 18.3. The highest BCUT2D eigenvalue weighted by atomic mass is 16.3. The molecule has 29 heavy (non-hydrogen) atoms. The van der Waals surface area contributed by atoms with Crippen LogP contribution in [0.3, 0.4) is 0 Å². The highest BCUT2D eigenvalue weighted by Gasteiger charge is 2.20. The molecule has 1 aliphatic carbocycles. The van der Waals surface area contributed by atoms with Crippen molar-refractivity contribution in [3.63, 3.8) is 0 Å². The molecule has 0 spiro atoms. The first-order chi connectivity index (χ1) is 13.6. The van der Waals surface area contributed by atoms with Crippen LogP contribution in [-0.2, 0) is 6.42 Å². The zero-order valence-corrected chi connectivity index (χ0v) is 19.6. The minimum Gasteiger partial charge on any atom is -0.508 e. The molecule has 2 N–H and O–H groups in total. The van der Waals surface area contributed by atoms with Crippen LogP contribution in [0.15, 0.2) is 36.4 Å². The van der Waals surface area contributed by atoms with Gasteiger partial charge in [0.05, 0.1) is 0 Å². The van der Waals surface area contributed by atoms with Gasteiger partial charge in [-0.05, 0) is 81.0 Å². The van der Waals surface area contributed by atoms with Gasteiger partial charge in [0.15, 0.2) is 0 Å². The van der Waals surface area contributed by atoms with Gasteiger partial charge in [-0.2, -0.15) is 0 Å². The SMILES string of the molecule is CC1CCC(C(C)C)CC1.CCc1cc(C)cc(C)c1O.Cc1ccc(O)cc1. The van der Waals surface area contributed by atoms with E-state index in [9.17, 15) is 5.11 Å². The molecule has 0 aromatic heterocycles. The van der Waals surface area contributed by atoms with Crippen LogP contribution in [0.4, 0.5) is 0 Å². The molecule has 2 aromatic carbocycles. The summed E-state index contributed by atoms with van der Waals surface area (Å²) in [5.41, 5.74) is 4.41. The van der Waals surface area contributed by atoms with Crippen LogP contribution >= 0.6 is 0 Å². The summed E-state index contributed by atoms with van der Waals surface area (Å²) in [6.45, 7) is 15.1. The molecule has 0 aliphatic heterocycles. The maximum absolute atomic E-state index is 9.52. The Morgan fingerprint density at radius 3 is 1.86 bits per heavy atom. The second-order valence-corrected chi connectivity index (χ2v) is 9.04. The van der Waals surface area contributed by atoms with E-state index in [1.807, 2.05) is 52.0 Å². The van der Waals surface area contributed by atoms with Crippen molar-refractivity contribution in [2.45, 2.75) is 80.6 Å². The summed E-state index contributed by atoms with van der Waals surface area (Å²) < 4.78 is 0. The Morgan fingerprint density at radius 2 is 1.41 bits per heavy atom. The largest absolute Gasteiger partial charge is 0.508 e. The first-order valence-corrected chi connectivity index (χ1v) is 11.2. The minimum absolute atomic E-state index is 0.329. The number of aromatic hydroxyl groups is 2. The molecule has 0 bridgehead atoms. The highest BCUT2D eigenvalue weighted by Crippen LogP contribution is 2.32. The summed E-state index contributed by atoms with van der Waals surface area (Å²) in [4.78, 5) is 0. The third-order valence-electron chi connectivity index (χ3n) is 5.94. The Kier molecular flexibility index (Phi) is 10.9. The molecule has 0 saturated heterocycles. The summed E-state index contributed by atoms with van der Waals surface area (Å²) in [5.74, 6) is 3.76. The molecule has 1 aliphatic rings. The third-order valence-corrected chi connectivity index (χ3v) is 5.94. The van der Waals surface area contributed by atoms with E-state index in [1.54, 1.807) is 12.1 Å². The third kappa shape index (κ3) is 9.39. The second-order valence-electron chi connectivity index (χ2n) is 9.04. The van der Waals surface area contributed by atoms with Crippen LogP contribution in [0, 0.1) is 38.5 Å². The quantitative estimate of drug-likeness (QED) is 0.543. The van der Waals surface area contributed by atoms with Crippen LogP contribution in [0.1, 0.15) is 75.6 Å². The fourth-order valence-electron chi connectivity index (χ4n) is 3.81. The van der Waals surface area contributed by atoms with Gasteiger partial charge >= 0.3 is 0 Å². The van der Waals surface area contributed by atoms with Gasteiger partial charge in [-0.25, -0.2) is 0 Å². The maximum Gasteiger partial charge on any atom is 0.121 e. The summed E-state index contributed by atoms with van der Waals surface area (Å²) >= 11 is 0. The molecule has 2 heteroatoms. The standard InChI is InChI=1S/C10H14O.C10H20.C7H8O/c1-4-9-6-7(2)5-8(3)10(9)11;1-8(2)10-6-4-9(3)5-7-10;1-6-2-4-7(8)5-3-6/h5-6,11H,4H2,1-3H3;8-10H,4-7H2,1-3H3;2-5,8H,1H3. The van der Waals surface area contributed by atoms with E-state index in [2.05, 4.69) is 20.8 Å². The first-order valence-electron chi connectivity index (χ1n) is 11.2. The summed E-state index contributed by atoms with van der Waals surface area (Å²) in [6, 6.07) is 11.1. The highest BCUT2D eigenvalue weighted by molar-refractivity contribution is 5.42. The predicted molar refractivity (Wildman–Crippen MR) is 126 cm³/mol. The van der Waals surface area contributed by atoms with Crippen molar-refractivity contribution in [3.8, 4) is 11.5 Å². The topological polar surface area (TPSA) is 40.5 Å². The predicted octanol–water partition coefficient (Wildman–Crippen LogP) is 7.74. The molecule has 0 radical (unpaired) electrons. The molecule has 1 saturated carbocycles. The Labute approximate surface area is 179 Å². The van der Waals surface area contributed by atoms with Crippen molar-refractivity contribution >= 4 is 0 Å². The Morgan fingerprint density at radius 1 is 0.862 bits per heavy atom. The van der Waals surface area contributed by atoms with Crippen molar-refractivity contribution in [2.24, 2.45) is 17.8 Å². The van der Waals surface area contributed by atoms with E-state index in [1.165, 1.54) is 36.8 Å². The fraction of sp³-hybridized carbons (Fsp3) is 0.556. The molecule has 2 aromatic rings. The summed E-state index contributed by atoms with van der Waals surface area (Å²) in [5, 5.41) is 18.3. The van der Waals surface area contributed by atoms with Gasteiger partial charge in [0.25, 0.3) is 0 Å². The van der Waals surface area contributed by atoms with Crippen molar-refractivity contribution in [1.82, 2.24) is 0 Å². The van der Waals surface area contributed by atoms with E-state index in [0.29, 0.717) is 11.5 Å². The van der Waals surface area contributed by atoms with E-state index >= 15 is 0 Å². The van der Waals surface area contributed by atoms with Gasteiger partial charge in [0.2, 0.25) is 0 Å². The smallest absolute Gasteiger partial charge is 0.121 e. The summed E-state index contributed by atoms with van der Waals surface area (Å²) in [6.07, 6.45) is 6.82. The molecule has 0 heterocycles. The molecule has 0 amide bonds. The lowest BCUT2D eigenvalue weighted by molar-refractivity contribution is 0.234. The van der Waals surface area contributed by atoms with Crippen LogP contribution < -0.4 is 0 Å². The number of rotatable bonds is 2. The number of aryl methyl sites for hydroxylation is 4. The molecular formula is C27H42O2. The zero-order chi connectivity index (χ0) is 22.0. The Bertz CT molecular complexity index is 687. The number of hydrogen-bond donors (Lipinski definition) is 2. The molecule has 2 nitrogen and oxygen atoms in total. The van der Waals surface area contributed by atoms with Gasteiger partial charge in [-0.1, -0.05) is 75.9 Å². The lowest BCUT2D eigenvalue weighted by Crippen LogP contribution is -2.16. The molecule has 1 fully saturated rings. The maximum atomic E-state index is 9.52. The van der Waals surface area contributed by atoms with Crippen LogP contribution in [0.2, 0.25) is 0 Å². The Balaban J connectivity index is 0.000000220. The van der Waals surface area contributed by atoms with Crippen LogP contribution in [0.5, 0.6) is 11.5 Å². The Hall–Kier alpha value is -1.96. The van der Waals surface area contributed by atoms with Gasteiger partial charge in [0.1, 0.15) is 11.5 Å².